The maximum atomic E-state index is 11.9. The third kappa shape index (κ3) is 2.24. The Hall–Kier alpha value is -0.870. The lowest BCUT2D eigenvalue weighted by Gasteiger charge is -2.35. The summed E-state index contributed by atoms with van der Waals surface area (Å²) in [6, 6.07) is 7.65. The molecule has 1 unspecified atom stereocenters. The minimum atomic E-state index is -3.14. The zero-order valence-corrected chi connectivity index (χ0v) is 10.9. The highest BCUT2D eigenvalue weighted by molar-refractivity contribution is 7.90. The van der Waals surface area contributed by atoms with Crippen LogP contribution in [0.3, 0.4) is 0 Å². The second kappa shape index (κ2) is 4.42. The number of hydrogen-bond donors (Lipinski definition) is 1. The first-order valence-electron chi connectivity index (χ1n) is 5.82. The minimum Gasteiger partial charge on any atom is -0.396 e. The Labute approximate surface area is 102 Å². The monoisotopic (exact) mass is 254 g/mol. The number of rotatable bonds is 2. The van der Waals surface area contributed by atoms with Crippen molar-refractivity contribution in [2.75, 3.05) is 12.9 Å². The lowest BCUT2D eigenvalue weighted by molar-refractivity contribution is 0.171. The molecule has 1 N–H and O–H groups in total. The lowest BCUT2D eigenvalue weighted by atomic mass is 9.77. The van der Waals surface area contributed by atoms with Gasteiger partial charge in [-0.2, -0.15) is 0 Å². The van der Waals surface area contributed by atoms with Crippen LogP contribution in [-0.2, 0) is 16.3 Å². The Kier molecular flexibility index (Phi) is 3.27. The van der Waals surface area contributed by atoms with Gasteiger partial charge in [0.05, 0.1) is 5.25 Å². The Balaban J connectivity index is 2.56. The summed E-state index contributed by atoms with van der Waals surface area (Å²) in [7, 11) is -3.14. The van der Waals surface area contributed by atoms with Crippen molar-refractivity contribution in [3.05, 3.63) is 35.4 Å². The first-order valence-corrected chi connectivity index (χ1v) is 7.78. The van der Waals surface area contributed by atoms with Gasteiger partial charge in [0.1, 0.15) is 0 Å². The number of sulfone groups is 1. The standard InChI is InChI=1S/C13H18O3S/c1-9-11(8-14)7-10-5-3-4-6-12(10)13(9)17(2,15)16/h3-6,9,11,13-14H,7-8H2,1-2H3/t9-,11+,13?/m1/s1. The molecule has 0 aliphatic heterocycles. The van der Waals surface area contributed by atoms with E-state index in [0.717, 1.165) is 17.5 Å². The molecule has 0 saturated heterocycles. The maximum Gasteiger partial charge on any atom is 0.154 e. The Morgan fingerprint density at radius 2 is 2.00 bits per heavy atom. The number of aliphatic hydroxyl groups is 1. The number of fused-ring (bicyclic) bond motifs is 1. The van der Waals surface area contributed by atoms with Gasteiger partial charge in [-0.1, -0.05) is 31.2 Å². The van der Waals surface area contributed by atoms with Gasteiger partial charge in [-0.25, -0.2) is 8.42 Å². The van der Waals surface area contributed by atoms with E-state index in [1.807, 2.05) is 31.2 Å². The van der Waals surface area contributed by atoms with Gasteiger partial charge in [0.25, 0.3) is 0 Å². The summed E-state index contributed by atoms with van der Waals surface area (Å²) in [6.45, 7) is 1.96. The maximum absolute atomic E-state index is 11.9. The molecule has 0 spiro atoms. The van der Waals surface area contributed by atoms with Crippen LogP contribution in [-0.4, -0.2) is 26.4 Å². The van der Waals surface area contributed by atoms with Crippen molar-refractivity contribution in [1.29, 1.82) is 0 Å². The third-order valence-corrected chi connectivity index (χ3v) is 5.37. The first-order chi connectivity index (χ1) is 7.95. The van der Waals surface area contributed by atoms with E-state index in [1.165, 1.54) is 6.26 Å². The molecule has 1 aromatic carbocycles. The lowest BCUT2D eigenvalue weighted by Crippen LogP contribution is -2.33. The van der Waals surface area contributed by atoms with Crippen molar-refractivity contribution in [3.8, 4) is 0 Å². The fourth-order valence-corrected chi connectivity index (χ4v) is 4.54. The molecule has 0 bridgehead atoms. The van der Waals surface area contributed by atoms with Gasteiger partial charge in [-0.3, -0.25) is 0 Å². The van der Waals surface area contributed by atoms with Crippen LogP contribution in [0.1, 0.15) is 23.3 Å². The van der Waals surface area contributed by atoms with Crippen molar-refractivity contribution in [2.24, 2.45) is 11.8 Å². The van der Waals surface area contributed by atoms with E-state index in [4.69, 9.17) is 0 Å². The first kappa shape index (κ1) is 12.6. The van der Waals surface area contributed by atoms with Gasteiger partial charge in [0.2, 0.25) is 0 Å². The van der Waals surface area contributed by atoms with Crippen LogP contribution in [0.25, 0.3) is 0 Å². The molecule has 0 fully saturated rings. The van der Waals surface area contributed by atoms with Crippen molar-refractivity contribution >= 4 is 9.84 Å². The second-order valence-electron chi connectivity index (χ2n) is 4.95. The van der Waals surface area contributed by atoms with Crippen LogP contribution >= 0.6 is 0 Å². The van der Waals surface area contributed by atoms with Crippen molar-refractivity contribution in [2.45, 2.75) is 18.6 Å². The predicted molar refractivity (Wildman–Crippen MR) is 67.5 cm³/mol. The highest BCUT2D eigenvalue weighted by Gasteiger charge is 2.38. The average molecular weight is 254 g/mol. The Morgan fingerprint density at radius 3 is 2.59 bits per heavy atom. The van der Waals surface area contributed by atoms with Crippen molar-refractivity contribution in [1.82, 2.24) is 0 Å². The molecule has 0 aromatic heterocycles. The zero-order valence-electron chi connectivity index (χ0n) is 10.1. The Bertz CT molecular complexity index is 507. The normalized spacial score (nSPS) is 28.8. The summed E-state index contributed by atoms with van der Waals surface area (Å²) in [5, 5.41) is 8.89. The molecule has 0 heterocycles. The molecule has 17 heavy (non-hydrogen) atoms. The predicted octanol–water partition coefficient (Wildman–Crippen LogP) is 1.57. The summed E-state index contributed by atoms with van der Waals surface area (Å²) < 4.78 is 23.9. The van der Waals surface area contributed by atoms with Crippen molar-refractivity contribution < 1.29 is 13.5 Å². The SMILES string of the molecule is C[C@H]1C(S(C)(=O)=O)c2ccccc2C[C@H]1CO. The van der Waals surface area contributed by atoms with E-state index in [-0.39, 0.29) is 18.4 Å². The van der Waals surface area contributed by atoms with Crippen LogP contribution in [0, 0.1) is 11.8 Å². The molecule has 94 valence electrons. The van der Waals surface area contributed by atoms with E-state index in [2.05, 4.69) is 0 Å². The molecule has 2 rings (SSSR count). The molecule has 0 saturated carbocycles. The summed E-state index contributed by atoms with van der Waals surface area (Å²) >= 11 is 0. The number of benzene rings is 1. The van der Waals surface area contributed by atoms with Crippen LogP contribution in [0.2, 0.25) is 0 Å². The highest BCUT2D eigenvalue weighted by atomic mass is 32.2. The molecule has 1 aromatic rings. The fraction of sp³-hybridized carbons (Fsp3) is 0.538. The van der Waals surface area contributed by atoms with E-state index in [9.17, 15) is 13.5 Å². The van der Waals surface area contributed by atoms with Crippen LogP contribution in [0.4, 0.5) is 0 Å². The zero-order chi connectivity index (χ0) is 12.6. The van der Waals surface area contributed by atoms with Crippen LogP contribution < -0.4 is 0 Å². The summed E-state index contributed by atoms with van der Waals surface area (Å²) in [5.41, 5.74) is 1.97. The van der Waals surface area contributed by atoms with Gasteiger partial charge in [-0.15, -0.1) is 0 Å². The van der Waals surface area contributed by atoms with E-state index in [0.29, 0.717) is 0 Å². The van der Waals surface area contributed by atoms with Gasteiger partial charge in [0, 0.05) is 12.9 Å². The largest absolute Gasteiger partial charge is 0.396 e. The van der Waals surface area contributed by atoms with E-state index >= 15 is 0 Å². The molecule has 1 aliphatic carbocycles. The summed E-state index contributed by atoms with van der Waals surface area (Å²) in [5.74, 6) is -0.00507. The number of hydrogen-bond acceptors (Lipinski definition) is 3. The van der Waals surface area contributed by atoms with Gasteiger partial charge in [-0.05, 0) is 29.4 Å². The molecular weight excluding hydrogens is 236 g/mol. The van der Waals surface area contributed by atoms with Gasteiger partial charge < -0.3 is 5.11 Å². The topological polar surface area (TPSA) is 54.4 Å². The second-order valence-corrected chi connectivity index (χ2v) is 7.12. The van der Waals surface area contributed by atoms with E-state index < -0.39 is 15.1 Å². The quantitative estimate of drug-likeness (QED) is 0.871. The summed E-state index contributed by atoms with van der Waals surface area (Å²) in [4.78, 5) is 0. The number of aliphatic hydroxyl groups excluding tert-OH is 1. The molecule has 0 amide bonds. The van der Waals surface area contributed by atoms with Crippen molar-refractivity contribution in [3.63, 3.8) is 0 Å². The van der Waals surface area contributed by atoms with Crippen LogP contribution in [0.15, 0.2) is 24.3 Å². The molecular formula is C13H18O3S. The minimum absolute atomic E-state index is 0.0321. The smallest absolute Gasteiger partial charge is 0.154 e. The fourth-order valence-electron chi connectivity index (χ4n) is 2.85. The van der Waals surface area contributed by atoms with Gasteiger partial charge >= 0.3 is 0 Å². The van der Waals surface area contributed by atoms with Gasteiger partial charge in [0.15, 0.2) is 9.84 Å². The van der Waals surface area contributed by atoms with Crippen LogP contribution in [0.5, 0.6) is 0 Å². The molecule has 0 radical (unpaired) electrons. The molecule has 3 atom stereocenters. The molecule has 4 heteroatoms. The average Bonchev–Trinajstić information content (AvgIpc) is 2.26. The molecule has 1 aliphatic rings. The third-order valence-electron chi connectivity index (χ3n) is 3.76. The van der Waals surface area contributed by atoms with E-state index in [1.54, 1.807) is 0 Å². The molecule has 3 nitrogen and oxygen atoms in total. The Morgan fingerprint density at radius 1 is 1.35 bits per heavy atom. The highest BCUT2D eigenvalue weighted by Crippen LogP contribution is 2.42. The summed E-state index contributed by atoms with van der Waals surface area (Å²) in [6.07, 6.45) is 2.05.